The summed E-state index contributed by atoms with van der Waals surface area (Å²) >= 11 is 2.72. The second kappa shape index (κ2) is 8.89. The predicted molar refractivity (Wildman–Crippen MR) is 95.8 cm³/mol. The SMILES string of the molecule is COc1cccc(CNC(=O)C(C)Sc2nnc(OC(C)C)s2)c1. The molecule has 1 aromatic carbocycles. The highest BCUT2D eigenvalue weighted by molar-refractivity contribution is 8.02. The Kier molecular flexibility index (Phi) is 6.86. The van der Waals surface area contributed by atoms with E-state index in [9.17, 15) is 4.79 Å². The van der Waals surface area contributed by atoms with E-state index in [0.29, 0.717) is 11.7 Å². The standard InChI is InChI=1S/C16H21N3O3S2/c1-10(2)22-15-18-19-16(24-15)23-11(3)14(20)17-9-12-6-5-7-13(8-12)21-4/h5-8,10-11H,9H2,1-4H3,(H,17,20). The summed E-state index contributed by atoms with van der Waals surface area (Å²) in [6, 6.07) is 7.62. The van der Waals surface area contributed by atoms with Crippen LogP contribution in [-0.4, -0.2) is 34.6 Å². The highest BCUT2D eigenvalue weighted by Crippen LogP contribution is 2.30. The van der Waals surface area contributed by atoms with Gasteiger partial charge < -0.3 is 14.8 Å². The Bertz CT molecular complexity index is 676. The number of thioether (sulfide) groups is 1. The van der Waals surface area contributed by atoms with Gasteiger partial charge in [0, 0.05) is 6.54 Å². The molecular formula is C16H21N3O3S2. The summed E-state index contributed by atoms with van der Waals surface area (Å²) < 4.78 is 11.4. The van der Waals surface area contributed by atoms with E-state index < -0.39 is 0 Å². The largest absolute Gasteiger partial charge is 0.497 e. The van der Waals surface area contributed by atoms with Crippen molar-refractivity contribution in [3.63, 3.8) is 0 Å². The maximum Gasteiger partial charge on any atom is 0.295 e. The number of rotatable bonds is 8. The van der Waals surface area contributed by atoms with Crippen LogP contribution in [-0.2, 0) is 11.3 Å². The second-order valence-corrected chi connectivity index (χ2v) is 7.86. The first-order valence-electron chi connectivity index (χ1n) is 7.55. The molecular weight excluding hydrogens is 346 g/mol. The number of aromatic nitrogens is 2. The minimum Gasteiger partial charge on any atom is -0.497 e. The summed E-state index contributed by atoms with van der Waals surface area (Å²) in [5.41, 5.74) is 0.989. The molecule has 0 saturated heterocycles. The zero-order valence-corrected chi connectivity index (χ0v) is 15.7. The molecule has 1 amide bonds. The van der Waals surface area contributed by atoms with Gasteiger partial charge in [-0.25, -0.2) is 0 Å². The van der Waals surface area contributed by atoms with Gasteiger partial charge in [-0.3, -0.25) is 4.79 Å². The summed E-state index contributed by atoms with van der Waals surface area (Å²) in [5.74, 6) is 0.722. The zero-order valence-electron chi connectivity index (χ0n) is 14.1. The Morgan fingerprint density at radius 1 is 1.33 bits per heavy atom. The summed E-state index contributed by atoms with van der Waals surface area (Å²) in [6.45, 7) is 6.17. The van der Waals surface area contributed by atoms with Gasteiger partial charge in [0.2, 0.25) is 5.91 Å². The molecule has 0 saturated carbocycles. The molecule has 2 aromatic rings. The van der Waals surface area contributed by atoms with Crippen LogP contribution in [0.15, 0.2) is 28.6 Å². The molecule has 0 bridgehead atoms. The molecule has 0 aliphatic heterocycles. The molecule has 0 radical (unpaired) electrons. The quantitative estimate of drug-likeness (QED) is 0.723. The van der Waals surface area contributed by atoms with Crippen LogP contribution in [0, 0.1) is 0 Å². The van der Waals surface area contributed by atoms with E-state index in [1.54, 1.807) is 7.11 Å². The smallest absolute Gasteiger partial charge is 0.295 e. The fourth-order valence-corrected chi connectivity index (χ4v) is 3.79. The lowest BCUT2D eigenvalue weighted by molar-refractivity contribution is -0.120. The third-order valence-electron chi connectivity index (χ3n) is 2.97. The fraction of sp³-hybridized carbons (Fsp3) is 0.438. The molecule has 0 aliphatic rings. The number of ether oxygens (including phenoxy) is 2. The highest BCUT2D eigenvalue weighted by Gasteiger charge is 2.17. The first kappa shape index (κ1) is 18.5. The van der Waals surface area contributed by atoms with Gasteiger partial charge in [0.05, 0.1) is 18.5 Å². The molecule has 2 rings (SSSR count). The van der Waals surface area contributed by atoms with E-state index in [0.717, 1.165) is 15.7 Å². The van der Waals surface area contributed by atoms with Gasteiger partial charge in [-0.2, -0.15) is 0 Å². The van der Waals surface area contributed by atoms with Crippen LogP contribution in [0.5, 0.6) is 10.9 Å². The number of hydrogen-bond acceptors (Lipinski definition) is 7. The van der Waals surface area contributed by atoms with Crippen molar-refractivity contribution in [2.75, 3.05) is 7.11 Å². The molecule has 1 atom stereocenters. The van der Waals surface area contributed by atoms with Gasteiger partial charge in [0.15, 0.2) is 4.34 Å². The van der Waals surface area contributed by atoms with E-state index in [2.05, 4.69) is 15.5 Å². The van der Waals surface area contributed by atoms with Crippen molar-refractivity contribution in [1.29, 1.82) is 0 Å². The molecule has 130 valence electrons. The minimum atomic E-state index is -0.268. The monoisotopic (exact) mass is 367 g/mol. The molecule has 0 fully saturated rings. The van der Waals surface area contributed by atoms with Crippen molar-refractivity contribution in [3.05, 3.63) is 29.8 Å². The number of methoxy groups -OCH3 is 1. The number of nitrogens with zero attached hydrogens (tertiary/aromatic N) is 2. The average molecular weight is 367 g/mol. The van der Waals surface area contributed by atoms with E-state index in [1.807, 2.05) is 45.0 Å². The molecule has 1 aromatic heterocycles. The molecule has 1 unspecified atom stereocenters. The molecule has 0 spiro atoms. The Morgan fingerprint density at radius 3 is 2.83 bits per heavy atom. The van der Waals surface area contributed by atoms with Crippen LogP contribution >= 0.6 is 23.1 Å². The molecule has 24 heavy (non-hydrogen) atoms. The van der Waals surface area contributed by atoms with Gasteiger partial charge in [-0.05, 0) is 49.8 Å². The number of nitrogens with one attached hydrogen (secondary N) is 1. The third-order valence-corrected chi connectivity index (χ3v) is 4.97. The van der Waals surface area contributed by atoms with Crippen molar-refractivity contribution >= 4 is 29.0 Å². The van der Waals surface area contributed by atoms with Gasteiger partial charge in [-0.1, -0.05) is 29.0 Å². The number of hydrogen-bond donors (Lipinski definition) is 1. The second-order valence-electron chi connectivity index (χ2n) is 5.33. The summed E-state index contributed by atoms with van der Waals surface area (Å²) in [6.07, 6.45) is 0.0550. The summed E-state index contributed by atoms with van der Waals surface area (Å²) in [5, 5.41) is 11.2. The topological polar surface area (TPSA) is 73.3 Å². The number of benzene rings is 1. The number of carbonyl (C=O) groups excluding carboxylic acids is 1. The molecule has 8 heteroatoms. The van der Waals surface area contributed by atoms with Crippen LogP contribution < -0.4 is 14.8 Å². The van der Waals surface area contributed by atoms with Gasteiger partial charge in [0.25, 0.3) is 5.19 Å². The van der Waals surface area contributed by atoms with Crippen LogP contribution in [0.3, 0.4) is 0 Å². The van der Waals surface area contributed by atoms with Crippen molar-refractivity contribution in [2.45, 2.75) is 43.0 Å². The Balaban J connectivity index is 1.84. The van der Waals surface area contributed by atoms with E-state index >= 15 is 0 Å². The third kappa shape index (κ3) is 5.68. The van der Waals surface area contributed by atoms with E-state index in [-0.39, 0.29) is 17.3 Å². The molecule has 6 nitrogen and oxygen atoms in total. The lowest BCUT2D eigenvalue weighted by Gasteiger charge is -2.11. The predicted octanol–water partition coefficient (Wildman–Crippen LogP) is 3.13. The van der Waals surface area contributed by atoms with Gasteiger partial charge in [0.1, 0.15) is 5.75 Å². The molecule has 1 heterocycles. The average Bonchev–Trinajstić information content (AvgIpc) is 2.98. The highest BCUT2D eigenvalue weighted by atomic mass is 32.2. The lowest BCUT2D eigenvalue weighted by Crippen LogP contribution is -2.30. The Labute approximate surface area is 150 Å². The number of amides is 1. The fourth-order valence-electron chi connectivity index (χ4n) is 1.81. The van der Waals surface area contributed by atoms with E-state index in [1.165, 1.54) is 23.1 Å². The number of carbonyl (C=O) groups is 1. The van der Waals surface area contributed by atoms with Crippen LogP contribution in [0.4, 0.5) is 0 Å². The lowest BCUT2D eigenvalue weighted by atomic mass is 10.2. The van der Waals surface area contributed by atoms with Gasteiger partial charge >= 0.3 is 0 Å². The Morgan fingerprint density at radius 2 is 2.12 bits per heavy atom. The van der Waals surface area contributed by atoms with Crippen molar-refractivity contribution < 1.29 is 14.3 Å². The van der Waals surface area contributed by atoms with Crippen LogP contribution in [0.1, 0.15) is 26.3 Å². The van der Waals surface area contributed by atoms with Crippen LogP contribution in [0.2, 0.25) is 0 Å². The molecule has 0 aliphatic carbocycles. The van der Waals surface area contributed by atoms with E-state index in [4.69, 9.17) is 9.47 Å². The van der Waals surface area contributed by atoms with Gasteiger partial charge in [-0.15, -0.1) is 5.10 Å². The first-order valence-corrected chi connectivity index (χ1v) is 9.25. The summed E-state index contributed by atoms with van der Waals surface area (Å²) in [4.78, 5) is 12.2. The summed E-state index contributed by atoms with van der Waals surface area (Å²) in [7, 11) is 1.62. The zero-order chi connectivity index (χ0) is 17.5. The van der Waals surface area contributed by atoms with Crippen molar-refractivity contribution in [2.24, 2.45) is 0 Å². The first-order chi connectivity index (χ1) is 11.5. The maximum atomic E-state index is 12.2. The Hall–Kier alpha value is -1.80. The normalized spacial score (nSPS) is 12.0. The van der Waals surface area contributed by atoms with Crippen molar-refractivity contribution in [3.8, 4) is 10.9 Å². The van der Waals surface area contributed by atoms with Crippen molar-refractivity contribution in [1.82, 2.24) is 15.5 Å². The minimum absolute atomic E-state index is 0.0515. The van der Waals surface area contributed by atoms with Crippen LogP contribution in [0.25, 0.3) is 0 Å². The molecule has 1 N–H and O–H groups in total. The maximum absolute atomic E-state index is 12.2.